The van der Waals surface area contributed by atoms with Crippen molar-refractivity contribution in [2.75, 3.05) is 5.32 Å². The zero-order valence-electron chi connectivity index (χ0n) is 13.9. The van der Waals surface area contributed by atoms with E-state index in [1.165, 1.54) is 48.5 Å². The first-order valence-corrected chi connectivity index (χ1v) is 8.75. The Kier molecular flexibility index (Phi) is 5.61. The molecule has 0 aliphatic carbocycles. The molecule has 3 rings (SSSR count). The van der Waals surface area contributed by atoms with Gasteiger partial charge in [-0.25, -0.2) is 13.6 Å². The molecular weight excluding hydrogens is 372 g/mol. The fourth-order valence-corrected chi connectivity index (χ4v) is 3.26. The molecule has 0 fully saturated rings. The molecule has 0 saturated carbocycles. The van der Waals surface area contributed by atoms with Crippen molar-refractivity contribution >= 4 is 28.9 Å². The third kappa shape index (κ3) is 4.38. The zero-order chi connectivity index (χ0) is 19.4. The number of ether oxygens (including phenoxy) is 1. The summed E-state index contributed by atoms with van der Waals surface area (Å²) in [5, 5.41) is 4.07. The summed E-state index contributed by atoms with van der Waals surface area (Å²) in [6.07, 6.45) is -2.08. The summed E-state index contributed by atoms with van der Waals surface area (Å²) < 4.78 is 33.3. The van der Waals surface area contributed by atoms with Crippen LogP contribution < -0.4 is 5.32 Å². The SMILES string of the molecule is [CH2]C(=O)c1sccc1NC(=O)OC(c1cccc(F)c1)c1ccccc1F. The van der Waals surface area contributed by atoms with E-state index in [1.54, 1.807) is 11.4 Å². The molecular formula is C20H14F2NO3S. The van der Waals surface area contributed by atoms with Crippen molar-refractivity contribution in [3.8, 4) is 0 Å². The lowest BCUT2D eigenvalue weighted by atomic mass is 10.0. The van der Waals surface area contributed by atoms with Gasteiger partial charge in [-0.15, -0.1) is 11.3 Å². The molecule has 0 aliphatic heterocycles. The lowest BCUT2D eigenvalue weighted by molar-refractivity contribution is 0.104. The van der Waals surface area contributed by atoms with Gasteiger partial charge in [-0.05, 0) is 29.6 Å². The van der Waals surface area contributed by atoms with E-state index >= 15 is 0 Å². The average Bonchev–Trinajstić information content (AvgIpc) is 3.09. The second kappa shape index (κ2) is 8.09. The first-order chi connectivity index (χ1) is 13.0. The smallest absolute Gasteiger partial charge is 0.412 e. The Bertz CT molecular complexity index is 987. The van der Waals surface area contributed by atoms with Crippen molar-refractivity contribution in [1.82, 2.24) is 0 Å². The van der Waals surface area contributed by atoms with Crippen LogP contribution in [0.5, 0.6) is 0 Å². The number of nitrogens with one attached hydrogen (secondary N) is 1. The molecule has 0 aliphatic rings. The number of hydrogen-bond acceptors (Lipinski definition) is 4. The summed E-state index contributed by atoms with van der Waals surface area (Å²) in [6, 6.07) is 12.7. The van der Waals surface area contributed by atoms with E-state index in [9.17, 15) is 18.4 Å². The van der Waals surface area contributed by atoms with Crippen LogP contribution in [0.1, 0.15) is 26.9 Å². The maximum absolute atomic E-state index is 14.3. The number of Topliss-reactive ketones (excluding diaryl/α,β-unsaturated/α-hetero) is 1. The minimum absolute atomic E-state index is 0.0806. The highest BCUT2D eigenvalue weighted by Crippen LogP contribution is 2.30. The van der Waals surface area contributed by atoms with Gasteiger partial charge in [0.1, 0.15) is 11.6 Å². The van der Waals surface area contributed by atoms with E-state index < -0.39 is 29.6 Å². The van der Waals surface area contributed by atoms with E-state index in [0.717, 1.165) is 11.3 Å². The van der Waals surface area contributed by atoms with Crippen LogP contribution >= 0.6 is 11.3 Å². The van der Waals surface area contributed by atoms with Gasteiger partial charge in [0.05, 0.1) is 10.6 Å². The molecule has 1 amide bonds. The van der Waals surface area contributed by atoms with Crippen LogP contribution in [0, 0.1) is 18.6 Å². The molecule has 2 aromatic carbocycles. The van der Waals surface area contributed by atoms with E-state index in [-0.39, 0.29) is 21.7 Å². The number of rotatable bonds is 5. The Labute approximate surface area is 158 Å². The maximum atomic E-state index is 14.3. The van der Waals surface area contributed by atoms with Gasteiger partial charge >= 0.3 is 6.09 Å². The third-order valence-electron chi connectivity index (χ3n) is 3.72. The molecule has 1 radical (unpaired) electrons. The zero-order valence-corrected chi connectivity index (χ0v) is 14.8. The summed E-state index contributed by atoms with van der Waals surface area (Å²) in [5.74, 6) is -1.58. The number of anilines is 1. The normalized spacial score (nSPS) is 11.7. The average molecular weight is 386 g/mol. The van der Waals surface area contributed by atoms with Gasteiger partial charge in [-0.1, -0.05) is 30.3 Å². The minimum Gasteiger partial charge on any atom is -0.436 e. The summed E-state index contributed by atoms with van der Waals surface area (Å²) in [4.78, 5) is 24.1. The number of carbonyl (C=O) groups excluding carboxylic acids is 2. The van der Waals surface area contributed by atoms with Gasteiger partial charge in [-0.2, -0.15) is 0 Å². The minimum atomic E-state index is -1.17. The van der Waals surface area contributed by atoms with Crippen molar-refractivity contribution in [2.24, 2.45) is 0 Å². The molecule has 3 aromatic rings. The monoisotopic (exact) mass is 386 g/mol. The predicted molar refractivity (Wildman–Crippen MR) is 98.8 cm³/mol. The second-order valence-electron chi connectivity index (χ2n) is 5.57. The highest BCUT2D eigenvalue weighted by atomic mass is 32.1. The molecule has 4 nitrogen and oxygen atoms in total. The Hall–Kier alpha value is -3.06. The highest BCUT2D eigenvalue weighted by Gasteiger charge is 2.23. The lowest BCUT2D eigenvalue weighted by Gasteiger charge is -2.20. The molecule has 1 atom stereocenters. The first kappa shape index (κ1) is 18.7. The summed E-state index contributed by atoms with van der Waals surface area (Å²) in [5.41, 5.74) is 0.600. The molecule has 7 heteroatoms. The van der Waals surface area contributed by atoms with E-state index in [1.807, 2.05) is 0 Å². The van der Waals surface area contributed by atoms with Crippen molar-refractivity contribution < 1.29 is 23.1 Å². The molecule has 0 saturated heterocycles. The van der Waals surface area contributed by atoms with Crippen LogP contribution in [0.3, 0.4) is 0 Å². The number of halogens is 2. The standard InChI is InChI=1S/C20H14F2NO3S/c1-12(24)19-17(9-10-27-19)23-20(25)26-18(13-5-4-6-14(21)11-13)15-7-2-3-8-16(15)22/h2-11,18H,1H2,(H,23,25). The highest BCUT2D eigenvalue weighted by molar-refractivity contribution is 7.12. The van der Waals surface area contributed by atoms with Crippen LogP contribution in [-0.4, -0.2) is 11.9 Å². The molecule has 137 valence electrons. The summed E-state index contributed by atoms with van der Waals surface area (Å²) >= 11 is 1.12. The fourth-order valence-electron chi connectivity index (χ4n) is 2.54. The second-order valence-corrected chi connectivity index (χ2v) is 6.49. The topological polar surface area (TPSA) is 55.4 Å². The predicted octanol–water partition coefficient (Wildman–Crippen LogP) is 5.38. The number of benzene rings is 2. The van der Waals surface area contributed by atoms with E-state index in [0.29, 0.717) is 0 Å². The van der Waals surface area contributed by atoms with Crippen molar-refractivity contribution in [3.05, 3.63) is 94.5 Å². The molecule has 1 N–H and O–H groups in total. The van der Waals surface area contributed by atoms with Gasteiger partial charge < -0.3 is 4.74 Å². The maximum Gasteiger partial charge on any atom is 0.412 e. The van der Waals surface area contributed by atoms with Gasteiger partial charge in [0.25, 0.3) is 0 Å². The van der Waals surface area contributed by atoms with Crippen molar-refractivity contribution in [2.45, 2.75) is 6.10 Å². The van der Waals surface area contributed by atoms with Crippen LogP contribution in [0.4, 0.5) is 19.3 Å². The van der Waals surface area contributed by atoms with Gasteiger partial charge in [-0.3, -0.25) is 10.1 Å². The number of amides is 1. The van der Waals surface area contributed by atoms with Gasteiger partial charge in [0.15, 0.2) is 11.9 Å². The van der Waals surface area contributed by atoms with Crippen LogP contribution in [0.2, 0.25) is 0 Å². The van der Waals surface area contributed by atoms with Gasteiger partial charge in [0, 0.05) is 18.1 Å². The van der Waals surface area contributed by atoms with Gasteiger partial charge in [0.2, 0.25) is 0 Å². The molecule has 0 spiro atoms. The Morgan fingerprint density at radius 3 is 2.56 bits per heavy atom. The van der Waals surface area contributed by atoms with Crippen LogP contribution in [-0.2, 0) is 4.74 Å². The molecule has 27 heavy (non-hydrogen) atoms. The fraction of sp³-hybridized carbons (Fsp3) is 0.0500. The molecule has 0 bridgehead atoms. The van der Waals surface area contributed by atoms with Crippen molar-refractivity contribution in [3.63, 3.8) is 0 Å². The first-order valence-electron chi connectivity index (χ1n) is 7.87. The number of thiophene rings is 1. The molecule has 1 unspecified atom stereocenters. The van der Waals surface area contributed by atoms with E-state index in [2.05, 4.69) is 12.2 Å². The van der Waals surface area contributed by atoms with Crippen molar-refractivity contribution in [1.29, 1.82) is 0 Å². The third-order valence-corrected chi connectivity index (χ3v) is 4.67. The van der Waals surface area contributed by atoms with Crippen LogP contribution in [0.15, 0.2) is 60.0 Å². The Morgan fingerprint density at radius 2 is 1.85 bits per heavy atom. The summed E-state index contributed by atoms with van der Waals surface area (Å²) in [6.45, 7) is 3.31. The Balaban J connectivity index is 1.90. The number of carbonyl (C=O) groups is 2. The lowest BCUT2D eigenvalue weighted by Crippen LogP contribution is -2.19. The van der Waals surface area contributed by atoms with Crippen LogP contribution in [0.25, 0.3) is 0 Å². The largest absolute Gasteiger partial charge is 0.436 e. The number of hydrogen-bond donors (Lipinski definition) is 1. The quantitative estimate of drug-likeness (QED) is 0.599. The summed E-state index contributed by atoms with van der Waals surface area (Å²) in [7, 11) is 0. The molecule has 1 heterocycles. The molecule has 1 aromatic heterocycles. The Morgan fingerprint density at radius 1 is 1.07 bits per heavy atom. The number of ketones is 1. The van der Waals surface area contributed by atoms with E-state index in [4.69, 9.17) is 4.74 Å².